The van der Waals surface area contributed by atoms with E-state index in [-0.39, 0.29) is 5.56 Å². The monoisotopic (exact) mass is 266 g/mol. The summed E-state index contributed by atoms with van der Waals surface area (Å²) in [5.74, 6) is -4.29. The van der Waals surface area contributed by atoms with Gasteiger partial charge in [-0.25, -0.2) is 4.79 Å². The van der Waals surface area contributed by atoms with Crippen molar-refractivity contribution in [3.63, 3.8) is 0 Å². The van der Waals surface area contributed by atoms with Crippen molar-refractivity contribution in [2.45, 2.75) is 13.3 Å². The van der Waals surface area contributed by atoms with E-state index in [4.69, 9.17) is 5.11 Å². The fraction of sp³-hybridized carbons (Fsp3) is 0.250. The molecule has 0 aliphatic carbocycles. The van der Waals surface area contributed by atoms with Crippen molar-refractivity contribution in [2.24, 2.45) is 0 Å². The van der Waals surface area contributed by atoms with Crippen LogP contribution in [-0.2, 0) is 0 Å². The molecular formula is C8H5F3N2O5. The lowest BCUT2D eigenvalue weighted by Gasteiger charge is -2.12. The highest BCUT2D eigenvalue weighted by molar-refractivity contribution is 5.95. The zero-order chi connectivity index (χ0) is 14.1. The van der Waals surface area contributed by atoms with Gasteiger partial charge in [0.25, 0.3) is 0 Å². The highest BCUT2D eigenvalue weighted by atomic mass is 19.4. The minimum absolute atomic E-state index is 0.282. The summed E-state index contributed by atoms with van der Waals surface area (Å²) in [4.78, 5) is 23.3. The van der Waals surface area contributed by atoms with E-state index < -0.39 is 34.4 Å². The van der Waals surface area contributed by atoms with E-state index >= 15 is 0 Å². The van der Waals surface area contributed by atoms with Crippen molar-refractivity contribution >= 4 is 11.8 Å². The van der Waals surface area contributed by atoms with Crippen molar-refractivity contribution < 1.29 is 32.7 Å². The standard InChI is InChI=1S/C8H5F3N2O5/c1-3-2-12-6(13(16)17)4(7(14)15)5(3)18-8(9,10)11/h2H,1H3,(H,14,15). The summed E-state index contributed by atoms with van der Waals surface area (Å²) >= 11 is 0. The van der Waals surface area contributed by atoms with E-state index in [9.17, 15) is 28.1 Å². The van der Waals surface area contributed by atoms with E-state index in [1.54, 1.807) is 0 Å². The summed E-state index contributed by atoms with van der Waals surface area (Å²) in [5.41, 5.74) is -1.52. The van der Waals surface area contributed by atoms with E-state index in [2.05, 4.69) is 9.72 Å². The van der Waals surface area contributed by atoms with E-state index in [1.807, 2.05) is 0 Å². The quantitative estimate of drug-likeness (QED) is 0.662. The second-order valence-electron chi connectivity index (χ2n) is 3.08. The number of aryl methyl sites for hydroxylation is 1. The van der Waals surface area contributed by atoms with E-state index in [0.717, 1.165) is 13.1 Å². The number of ether oxygens (including phenoxy) is 1. The van der Waals surface area contributed by atoms with Crippen LogP contribution in [-0.4, -0.2) is 27.3 Å². The maximum absolute atomic E-state index is 12.1. The summed E-state index contributed by atoms with van der Waals surface area (Å²) < 4.78 is 39.8. The highest BCUT2D eigenvalue weighted by Crippen LogP contribution is 2.33. The molecule has 0 bridgehead atoms. The summed E-state index contributed by atoms with van der Waals surface area (Å²) in [6.45, 7) is 1.09. The van der Waals surface area contributed by atoms with Crippen LogP contribution in [0.15, 0.2) is 6.20 Å². The molecule has 1 heterocycles. The third-order valence-electron chi connectivity index (χ3n) is 1.79. The van der Waals surface area contributed by atoms with Crippen molar-refractivity contribution in [1.29, 1.82) is 0 Å². The molecule has 1 N–H and O–H groups in total. The fourth-order valence-electron chi connectivity index (χ4n) is 1.16. The lowest BCUT2D eigenvalue weighted by molar-refractivity contribution is -0.390. The Balaban J connectivity index is 3.51. The highest BCUT2D eigenvalue weighted by Gasteiger charge is 2.37. The predicted octanol–water partition coefficient (Wildman–Crippen LogP) is 1.90. The Kier molecular flexibility index (Phi) is 3.39. The third-order valence-corrected chi connectivity index (χ3v) is 1.79. The van der Waals surface area contributed by atoms with Crippen LogP contribution in [0.1, 0.15) is 15.9 Å². The maximum atomic E-state index is 12.1. The zero-order valence-electron chi connectivity index (χ0n) is 8.69. The number of alkyl halides is 3. The first kappa shape index (κ1) is 13.7. The van der Waals surface area contributed by atoms with Gasteiger partial charge < -0.3 is 20.0 Å². The number of carbonyl (C=O) groups is 1. The van der Waals surface area contributed by atoms with E-state index in [0.29, 0.717) is 0 Å². The van der Waals surface area contributed by atoms with Gasteiger partial charge >= 0.3 is 18.1 Å². The van der Waals surface area contributed by atoms with Gasteiger partial charge in [-0.1, -0.05) is 0 Å². The Bertz CT molecular complexity index is 514. The second-order valence-corrected chi connectivity index (χ2v) is 3.08. The van der Waals surface area contributed by atoms with Gasteiger partial charge in [0.1, 0.15) is 6.20 Å². The second kappa shape index (κ2) is 4.47. The number of hydrogen-bond acceptors (Lipinski definition) is 5. The van der Waals surface area contributed by atoms with Crippen molar-refractivity contribution in [1.82, 2.24) is 4.98 Å². The summed E-state index contributed by atoms with van der Waals surface area (Å²) in [6, 6.07) is 0. The molecule has 0 aliphatic heterocycles. The van der Waals surface area contributed by atoms with Gasteiger partial charge in [-0.05, 0) is 16.8 Å². The van der Waals surface area contributed by atoms with Crippen LogP contribution in [0.3, 0.4) is 0 Å². The molecule has 0 spiro atoms. The number of rotatable bonds is 3. The van der Waals surface area contributed by atoms with Gasteiger partial charge in [0.2, 0.25) is 0 Å². The van der Waals surface area contributed by atoms with Gasteiger partial charge in [0.05, 0.1) is 0 Å². The average molecular weight is 266 g/mol. The molecule has 0 saturated heterocycles. The zero-order valence-corrected chi connectivity index (χ0v) is 8.69. The molecule has 0 saturated carbocycles. The number of halogens is 3. The Labute approximate surface area is 97.0 Å². The molecule has 0 radical (unpaired) electrons. The topological polar surface area (TPSA) is 103 Å². The average Bonchev–Trinajstić information content (AvgIpc) is 2.17. The summed E-state index contributed by atoms with van der Waals surface area (Å²) in [5, 5.41) is 19.2. The lowest BCUT2D eigenvalue weighted by Crippen LogP contribution is -2.21. The van der Waals surface area contributed by atoms with Gasteiger partial charge in [-0.15, -0.1) is 13.2 Å². The van der Waals surface area contributed by atoms with Gasteiger partial charge in [0.15, 0.2) is 11.3 Å². The molecule has 0 unspecified atom stereocenters. The first-order valence-electron chi connectivity index (χ1n) is 4.26. The molecule has 1 aromatic heterocycles. The van der Waals surface area contributed by atoms with E-state index in [1.165, 1.54) is 0 Å². The first-order valence-corrected chi connectivity index (χ1v) is 4.26. The molecule has 0 amide bonds. The Morgan fingerprint density at radius 3 is 2.50 bits per heavy atom. The Morgan fingerprint density at radius 1 is 1.56 bits per heavy atom. The summed E-state index contributed by atoms with van der Waals surface area (Å²) in [7, 11) is 0. The van der Waals surface area contributed by atoms with Crippen molar-refractivity contribution in [2.75, 3.05) is 0 Å². The van der Waals surface area contributed by atoms with Crippen LogP contribution in [0.2, 0.25) is 0 Å². The largest absolute Gasteiger partial charge is 0.573 e. The molecule has 0 aliphatic rings. The number of nitrogens with zero attached hydrogens (tertiary/aromatic N) is 2. The molecule has 1 aromatic rings. The van der Waals surface area contributed by atoms with Gasteiger partial charge in [-0.3, -0.25) is 0 Å². The third kappa shape index (κ3) is 2.84. The number of aromatic carboxylic acids is 1. The fourth-order valence-corrected chi connectivity index (χ4v) is 1.16. The number of pyridine rings is 1. The Morgan fingerprint density at radius 2 is 2.11 bits per heavy atom. The van der Waals surface area contributed by atoms with Crippen LogP contribution in [0.5, 0.6) is 5.75 Å². The molecule has 0 aromatic carbocycles. The Hall–Kier alpha value is -2.39. The van der Waals surface area contributed by atoms with Crippen LogP contribution < -0.4 is 4.74 Å². The SMILES string of the molecule is Cc1cnc([N+](=O)[O-])c(C(=O)O)c1OC(F)(F)F. The minimum Gasteiger partial charge on any atom is -0.477 e. The normalized spacial score (nSPS) is 11.1. The molecule has 18 heavy (non-hydrogen) atoms. The molecule has 7 nitrogen and oxygen atoms in total. The molecular weight excluding hydrogens is 261 g/mol. The first-order chi connectivity index (χ1) is 8.13. The number of hydrogen-bond donors (Lipinski definition) is 1. The lowest BCUT2D eigenvalue weighted by atomic mass is 10.1. The smallest absolute Gasteiger partial charge is 0.477 e. The minimum atomic E-state index is -5.16. The molecule has 0 fully saturated rings. The maximum Gasteiger partial charge on any atom is 0.573 e. The van der Waals surface area contributed by atoms with Crippen LogP contribution >= 0.6 is 0 Å². The van der Waals surface area contributed by atoms with Gasteiger partial charge in [0, 0.05) is 5.56 Å². The molecule has 10 heteroatoms. The van der Waals surface area contributed by atoms with Crippen molar-refractivity contribution in [3.05, 3.63) is 27.4 Å². The number of carboxylic acids is 1. The van der Waals surface area contributed by atoms with Crippen LogP contribution in [0.4, 0.5) is 19.0 Å². The molecule has 0 atom stereocenters. The number of aromatic nitrogens is 1. The summed E-state index contributed by atoms with van der Waals surface area (Å²) in [6.07, 6.45) is -4.43. The van der Waals surface area contributed by atoms with Crippen molar-refractivity contribution in [3.8, 4) is 5.75 Å². The van der Waals surface area contributed by atoms with Gasteiger partial charge in [-0.2, -0.15) is 0 Å². The van der Waals surface area contributed by atoms with Crippen LogP contribution in [0, 0.1) is 17.0 Å². The molecule has 1 rings (SSSR count). The molecule has 98 valence electrons. The van der Waals surface area contributed by atoms with Crippen LogP contribution in [0.25, 0.3) is 0 Å². The predicted molar refractivity (Wildman–Crippen MR) is 49.3 cm³/mol. The number of nitro groups is 1. The number of carboxylic acid groups (broad SMARTS) is 1.